The summed E-state index contributed by atoms with van der Waals surface area (Å²) in [5.74, 6) is 0.0553. The first-order valence-corrected chi connectivity index (χ1v) is 12.2. The van der Waals surface area contributed by atoms with Crippen molar-refractivity contribution in [2.75, 3.05) is 7.11 Å². The fourth-order valence-corrected chi connectivity index (χ4v) is 6.25. The summed E-state index contributed by atoms with van der Waals surface area (Å²) in [6.45, 7) is -0.0568. The van der Waals surface area contributed by atoms with Crippen LogP contribution in [-0.2, 0) is 16.8 Å². The Bertz CT molecular complexity index is 1250. The van der Waals surface area contributed by atoms with Gasteiger partial charge >= 0.3 is 0 Å². The maximum Gasteiger partial charge on any atom is 0.230 e. The maximum atomic E-state index is 14.1. The lowest BCUT2D eigenvalue weighted by molar-refractivity contribution is -0.127. The quantitative estimate of drug-likeness (QED) is 0.523. The van der Waals surface area contributed by atoms with Crippen LogP contribution < -0.4 is 10.1 Å². The average Bonchev–Trinajstić information content (AvgIpc) is 3.21. The highest BCUT2D eigenvalue weighted by atomic mass is 19.2. The topological polar surface area (TPSA) is 77.2 Å². The van der Waals surface area contributed by atoms with Gasteiger partial charge in [0.15, 0.2) is 17.5 Å². The van der Waals surface area contributed by atoms with Crippen LogP contribution in [0.2, 0.25) is 0 Å². The number of rotatable bonds is 7. The van der Waals surface area contributed by atoms with Crippen LogP contribution in [0.4, 0.5) is 8.78 Å². The van der Waals surface area contributed by atoms with Gasteiger partial charge in [-0.1, -0.05) is 29.4 Å². The lowest BCUT2D eigenvalue weighted by Crippen LogP contribution is -2.37. The van der Waals surface area contributed by atoms with E-state index in [9.17, 15) is 13.6 Å². The second-order valence-corrected chi connectivity index (χ2v) is 10.1. The van der Waals surface area contributed by atoms with Crippen LogP contribution in [0.25, 0.3) is 0 Å². The standard InChI is InChI=1S/C27H27F2N3O3/c1-34-19-9-7-18(8-10-19)27(11-12-27)26-31-25(35-32-26)22-16-6-5-15(13-16)21(22)24(33)30-14-17-3-2-4-20(28)23(17)29/h2-4,7-10,15-16,21-22H,5-6,11-14H2,1H3,(H,30,33)/t15-,16+,21-,22-/m0/s1. The van der Waals surface area contributed by atoms with E-state index < -0.39 is 11.6 Å². The molecule has 2 bridgehead atoms. The number of amides is 1. The number of carbonyl (C=O) groups excluding carboxylic acids is 1. The van der Waals surface area contributed by atoms with Crippen molar-refractivity contribution in [1.29, 1.82) is 0 Å². The van der Waals surface area contributed by atoms with E-state index in [1.54, 1.807) is 7.11 Å². The van der Waals surface area contributed by atoms with Gasteiger partial charge in [0.25, 0.3) is 0 Å². The first kappa shape index (κ1) is 22.2. The number of ether oxygens (including phenoxy) is 1. The molecular formula is C27H27F2N3O3. The lowest BCUT2D eigenvalue weighted by Gasteiger charge is -2.27. The van der Waals surface area contributed by atoms with Crippen LogP contribution in [0.5, 0.6) is 5.75 Å². The first-order valence-electron chi connectivity index (χ1n) is 12.2. The summed E-state index contributed by atoms with van der Waals surface area (Å²) in [7, 11) is 1.64. The zero-order valence-electron chi connectivity index (χ0n) is 19.5. The second-order valence-electron chi connectivity index (χ2n) is 10.1. The minimum Gasteiger partial charge on any atom is -0.497 e. The molecule has 2 aromatic carbocycles. The molecule has 182 valence electrons. The molecule has 0 spiro atoms. The molecule has 35 heavy (non-hydrogen) atoms. The van der Waals surface area contributed by atoms with Gasteiger partial charge < -0.3 is 14.6 Å². The number of aromatic nitrogens is 2. The van der Waals surface area contributed by atoms with Gasteiger partial charge in [0.05, 0.1) is 24.4 Å². The van der Waals surface area contributed by atoms with Crippen molar-refractivity contribution < 1.29 is 22.8 Å². The molecule has 6 nitrogen and oxygen atoms in total. The Morgan fingerprint density at radius 2 is 1.91 bits per heavy atom. The predicted molar refractivity (Wildman–Crippen MR) is 123 cm³/mol. The molecule has 0 radical (unpaired) electrons. The first-order chi connectivity index (χ1) is 17.0. The third-order valence-corrected chi connectivity index (χ3v) is 8.25. The minimum absolute atomic E-state index is 0.0568. The molecule has 0 saturated heterocycles. The van der Waals surface area contributed by atoms with Crippen molar-refractivity contribution >= 4 is 5.91 Å². The Labute approximate surface area is 202 Å². The molecule has 1 amide bonds. The fraction of sp³-hybridized carbons (Fsp3) is 0.444. The number of hydrogen-bond acceptors (Lipinski definition) is 5. The molecule has 6 rings (SSSR count). The zero-order chi connectivity index (χ0) is 24.2. The molecule has 8 heteroatoms. The lowest BCUT2D eigenvalue weighted by atomic mass is 9.78. The van der Waals surface area contributed by atoms with Crippen molar-refractivity contribution in [3.05, 3.63) is 76.9 Å². The van der Waals surface area contributed by atoms with Gasteiger partial charge in [0.2, 0.25) is 11.8 Å². The number of hydrogen-bond donors (Lipinski definition) is 1. The van der Waals surface area contributed by atoms with E-state index in [0.717, 1.165) is 49.5 Å². The highest BCUT2D eigenvalue weighted by molar-refractivity contribution is 5.80. The van der Waals surface area contributed by atoms with E-state index in [1.807, 2.05) is 24.3 Å². The highest BCUT2D eigenvalue weighted by Crippen LogP contribution is 2.57. The van der Waals surface area contributed by atoms with E-state index in [0.29, 0.717) is 17.6 Å². The van der Waals surface area contributed by atoms with Crippen LogP contribution in [-0.4, -0.2) is 23.2 Å². The summed E-state index contributed by atoms with van der Waals surface area (Å²) in [4.78, 5) is 18.1. The zero-order valence-corrected chi connectivity index (χ0v) is 19.5. The van der Waals surface area contributed by atoms with Gasteiger partial charge in [-0.3, -0.25) is 4.79 Å². The number of benzene rings is 2. The van der Waals surface area contributed by atoms with Gasteiger partial charge in [0.1, 0.15) is 5.75 Å². The molecule has 1 heterocycles. The van der Waals surface area contributed by atoms with Gasteiger partial charge in [-0.2, -0.15) is 4.98 Å². The molecular weight excluding hydrogens is 452 g/mol. The van der Waals surface area contributed by atoms with Gasteiger partial charge in [0, 0.05) is 12.1 Å². The third-order valence-electron chi connectivity index (χ3n) is 8.25. The summed E-state index contributed by atoms with van der Waals surface area (Å²) >= 11 is 0. The monoisotopic (exact) mass is 479 g/mol. The molecule has 3 saturated carbocycles. The highest BCUT2D eigenvalue weighted by Gasteiger charge is 2.55. The second kappa shape index (κ2) is 8.43. The molecule has 3 aromatic rings. The Balaban J connectivity index is 1.22. The van der Waals surface area contributed by atoms with Crippen molar-refractivity contribution in [1.82, 2.24) is 15.5 Å². The number of methoxy groups -OCH3 is 1. The molecule has 0 unspecified atom stereocenters. The summed E-state index contributed by atoms with van der Waals surface area (Å²) in [6, 6.07) is 12.0. The molecule has 1 N–H and O–H groups in total. The van der Waals surface area contributed by atoms with Crippen molar-refractivity contribution in [3.8, 4) is 5.75 Å². The Kier molecular flexibility index (Phi) is 5.34. The average molecular weight is 480 g/mol. The Morgan fingerprint density at radius 3 is 2.66 bits per heavy atom. The molecule has 0 aliphatic heterocycles. The summed E-state index contributed by atoms with van der Waals surface area (Å²) in [5.41, 5.74) is 1.01. The molecule has 4 atom stereocenters. The molecule has 3 fully saturated rings. The van der Waals surface area contributed by atoms with Gasteiger partial charge in [-0.05, 0) is 67.7 Å². The maximum absolute atomic E-state index is 14.1. The van der Waals surface area contributed by atoms with E-state index in [4.69, 9.17) is 14.2 Å². The van der Waals surface area contributed by atoms with Crippen LogP contribution in [0.3, 0.4) is 0 Å². The van der Waals surface area contributed by atoms with Crippen LogP contribution >= 0.6 is 0 Å². The van der Waals surface area contributed by atoms with Gasteiger partial charge in [-0.25, -0.2) is 8.78 Å². The van der Waals surface area contributed by atoms with Crippen LogP contribution in [0.15, 0.2) is 47.0 Å². The third kappa shape index (κ3) is 3.70. The largest absolute Gasteiger partial charge is 0.497 e. The summed E-state index contributed by atoms with van der Waals surface area (Å²) in [5, 5.41) is 7.20. The molecule has 3 aliphatic carbocycles. The van der Waals surface area contributed by atoms with Gasteiger partial charge in [-0.15, -0.1) is 0 Å². The molecule has 1 aromatic heterocycles. The van der Waals surface area contributed by atoms with Crippen molar-refractivity contribution in [3.63, 3.8) is 0 Å². The van der Waals surface area contributed by atoms with E-state index >= 15 is 0 Å². The van der Waals surface area contributed by atoms with Crippen molar-refractivity contribution in [2.24, 2.45) is 17.8 Å². The molecule has 3 aliphatic rings. The number of halogens is 2. The number of carbonyl (C=O) groups is 1. The number of nitrogens with zero attached hydrogens (tertiary/aromatic N) is 2. The fourth-order valence-electron chi connectivity index (χ4n) is 6.25. The van der Waals surface area contributed by atoms with Crippen LogP contribution in [0.1, 0.15) is 60.9 Å². The normalized spacial score (nSPS) is 26.0. The smallest absolute Gasteiger partial charge is 0.230 e. The SMILES string of the molecule is COc1ccc(C2(c3noc([C@H]4[C@@H]5CC[C@@H](C5)[C@@H]4C(=O)NCc4cccc(F)c4F)n3)CC2)cc1. The Morgan fingerprint density at radius 1 is 1.14 bits per heavy atom. The summed E-state index contributed by atoms with van der Waals surface area (Å²) < 4.78 is 38.7. The predicted octanol–water partition coefficient (Wildman–Crippen LogP) is 4.88. The number of fused-ring (bicyclic) bond motifs is 2. The van der Waals surface area contributed by atoms with Crippen molar-refractivity contribution in [2.45, 2.75) is 50.0 Å². The van der Waals surface area contributed by atoms with E-state index in [2.05, 4.69) is 10.5 Å². The number of nitrogens with one attached hydrogen (secondary N) is 1. The Hall–Kier alpha value is -3.29. The van der Waals surface area contributed by atoms with Crippen LogP contribution in [0, 0.1) is 29.4 Å². The minimum atomic E-state index is -0.924. The van der Waals surface area contributed by atoms with E-state index in [1.165, 1.54) is 12.1 Å². The summed E-state index contributed by atoms with van der Waals surface area (Å²) in [6.07, 6.45) is 4.83. The van der Waals surface area contributed by atoms with E-state index in [-0.39, 0.29) is 41.2 Å².